The molecule has 1 saturated carbocycles. The fraction of sp³-hybridized carbons (Fsp3) is 0.474. The van der Waals surface area contributed by atoms with Gasteiger partial charge in [0.15, 0.2) is 6.61 Å². The monoisotopic (exact) mass is 439 g/mol. The van der Waals surface area contributed by atoms with Crippen LogP contribution in [0, 0.1) is 5.92 Å². The van der Waals surface area contributed by atoms with Crippen molar-refractivity contribution in [3.8, 4) is 0 Å². The largest absolute Gasteiger partial charge is 0.455 e. The second kappa shape index (κ2) is 9.04. The minimum Gasteiger partial charge on any atom is -0.455 e. The molecule has 3 rings (SSSR count). The molecule has 0 aromatic heterocycles. The third-order valence-corrected chi connectivity index (χ3v) is 6.56. The van der Waals surface area contributed by atoms with Crippen molar-refractivity contribution in [2.45, 2.75) is 43.0 Å². The molecule has 1 spiro atoms. The third kappa shape index (κ3) is 5.02. The van der Waals surface area contributed by atoms with Gasteiger partial charge in [-0.1, -0.05) is 30.7 Å². The molecule has 1 aromatic rings. The highest BCUT2D eigenvalue weighted by molar-refractivity contribution is 8.00. The molecule has 1 heterocycles. The molecule has 29 heavy (non-hydrogen) atoms. The van der Waals surface area contributed by atoms with E-state index in [1.54, 1.807) is 24.3 Å². The SMILES string of the molecule is CC1CCC2(CC1)NC(=O)N(NC(=O)COC(=O)CSc1ccccc1Cl)C2=O. The minimum absolute atomic E-state index is 0.0263. The number of hydrogen-bond acceptors (Lipinski definition) is 6. The molecule has 1 aromatic carbocycles. The molecule has 10 heteroatoms. The maximum atomic E-state index is 12.7. The Morgan fingerprint density at radius 1 is 1.31 bits per heavy atom. The number of rotatable bonds is 6. The van der Waals surface area contributed by atoms with Crippen LogP contribution in [0.3, 0.4) is 0 Å². The fourth-order valence-corrected chi connectivity index (χ4v) is 4.40. The van der Waals surface area contributed by atoms with Crippen molar-refractivity contribution in [1.29, 1.82) is 0 Å². The summed E-state index contributed by atoms with van der Waals surface area (Å²) in [6.45, 7) is 1.51. The van der Waals surface area contributed by atoms with Gasteiger partial charge in [-0.2, -0.15) is 5.01 Å². The van der Waals surface area contributed by atoms with Gasteiger partial charge in [0.05, 0.1) is 10.8 Å². The summed E-state index contributed by atoms with van der Waals surface area (Å²) in [5, 5.41) is 3.91. The van der Waals surface area contributed by atoms with Gasteiger partial charge in [-0.3, -0.25) is 19.8 Å². The van der Waals surface area contributed by atoms with Crippen LogP contribution < -0.4 is 10.7 Å². The molecule has 2 N–H and O–H groups in total. The number of halogens is 1. The summed E-state index contributed by atoms with van der Waals surface area (Å²) in [4.78, 5) is 49.5. The van der Waals surface area contributed by atoms with Crippen LogP contribution in [-0.2, 0) is 19.1 Å². The molecule has 1 aliphatic carbocycles. The smallest absolute Gasteiger partial charge is 0.344 e. The van der Waals surface area contributed by atoms with Crippen molar-refractivity contribution in [2.24, 2.45) is 5.92 Å². The molecule has 0 unspecified atom stereocenters. The number of ether oxygens (including phenoxy) is 1. The van der Waals surface area contributed by atoms with E-state index in [1.807, 2.05) is 0 Å². The van der Waals surface area contributed by atoms with Gasteiger partial charge in [-0.15, -0.1) is 11.8 Å². The lowest BCUT2D eigenvalue weighted by molar-refractivity contribution is -0.148. The number of carbonyl (C=O) groups is 4. The van der Waals surface area contributed by atoms with Gasteiger partial charge in [0, 0.05) is 4.90 Å². The van der Waals surface area contributed by atoms with Crippen LogP contribution in [0.2, 0.25) is 5.02 Å². The quantitative estimate of drug-likeness (QED) is 0.401. The topological polar surface area (TPSA) is 105 Å². The molecular weight excluding hydrogens is 418 g/mol. The highest BCUT2D eigenvalue weighted by Crippen LogP contribution is 2.35. The molecule has 1 saturated heterocycles. The Bertz CT molecular complexity index is 826. The highest BCUT2D eigenvalue weighted by atomic mass is 35.5. The zero-order valence-corrected chi connectivity index (χ0v) is 17.5. The number of thioether (sulfide) groups is 1. The number of nitrogens with zero attached hydrogens (tertiary/aromatic N) is 1. The number of esters is 1. The summed E-state index contributed by atoms with van der Waals surface area (Å²) in [6.07, 6.45) is 2.74. The normalized spacial score (nSPS) is 23.8. The number of nitrogens with one attached hydrogen (secondary N) is 2. The van der Waals surface area contributed by atoms with Gasteiger partial charge in [0.1, 0.15) is 5.54 Å². The Morgan fingerprint density at radius 3 is 2.69 bits per heavy atom. The molecule has 1 aliphatic heterocycles. The standard InChI is InChI=1S/C19H22ClN3O5S/c1-12-6-8-19(9-7-12)17(26)23(18(27)21-19)22-15(24)10-28-16(25)11-29-14-5-3-2-4-13(14)20/h2-5,12H,6-11H2,1H3,(H,21,27)(H,22,24). The number of hydrogen-bond donors (Lipinski definition) is 2. The van der Waals surface area contributed by atoms with Crippen LogP contribution in [0.4, 0.5) is 4.79 Å². The van der Waals surface area contributed by atoms with Crippen molar-refractivity contribution in [3.63, 3.8) is 0 Å². The number of hydrazine groups is 1. The summed E-state index contributed by atoms with van der Waals surface area (Å²) in [7, 11) is 0. The number of carbonyl (C=O) groups excluding carboxylic acids is 4. The van der Waals surface area contributed by atoms with Crippen molar-refractivity contribution >= 4 is 47.2 Å². The second-order valence-electron chi connectivity index (χ2n) is 7.25. The van der Waals surface area contributed by atoms with E-state index < -0.39 is 36.0 Å². The van der Waals surface area contributed by atoms with Gasteiger partial charge in [0.2, 0.25) is 0 Å². The Balaban J connectivity index is 1.45. The van der Waals surface area contributed by atoms with E-state index in [2.05, 4.69) is 17.7 Å². The summed E-state index contributed by atoms with van der Waals surface area (Å²) in [6, 6.07) is 6.39. The van der Waals surface area contributed by atoms with Gasteiger partial charge in [-0.25, -0.2) is 4.79 Å². The second-order valence-corrected chi connectivity index (χ2v) is 8.67. The van der Waals surface area contributed by atoms with Gasteiger partial charge < -0.3 is 10.1 Å². The highest BCUT2D eigenvalue weighted by Gasteiger charge is 2.52. The molecule has 0 bridgehead atoms. The average Bonchev–Trinajstić information content (AvgIpc) is 2.92. The lowest BCUT2D eigenvalue weighted by atomic mass is 9.77. The van der Waals surface area contributed by atoms with E-state index in [0.717, 1.165) is 17.7 Å². The van der Waals surface area contributed by atoms with Crippen molar-refractivity contribution < 1.29 is 23.9 Å². The maximum absolute atomic E-state index is 12.7. The first-order valence-electron chi connectivity index (χ1n) is 9.30. The average molecular weight is 440 g/mol. The predicted molar refractivity (Wildman–Crippen MR) is 107 cm³/mol. The van der Waals surface area contributed by atoms with E-state index in [4.69, 9.17) is 16.3 Å². The zero-order chi connectivity index (χ0) is 21.0. The van der Waals surface area contributed by atoms with E-state index in [1.165, 1.54) is 11.8 Å². The van der Waals surface area contributed by atoms with Crippen molar-refractivity contribution in [2.75, 3.05) is 12.4 Å². The molecule has 2 fully saturated rings. The van der Waals surface area contributed by atoms with Crippen LogP contribution >= 0.6 is 23.4 Å². The Morgan fingerprint density at radius 2 is 2.00 bits per heavy atom. The molecule has 4 amide bonds. The third-order valence-electron chi connectivity index (χ3n) is 5.07. The lowest BCUT2D eigenvalue weighted by Gasteiger charge is -2.33. The van der Waals surface area contributed by atoms with E-state index in [-0.39, 0.29) is 5.75 Å². The molecular formula is C19H22ClN3O5S. The predicted octanol–water partition coefficient (Wildman–Crippen LogP) is 2.51. The zero-order valence-electron chi connectivity index (χ0n) is 15.9. The maximum Gasteiger partial charge on any atom is 0.344 e. The van der Waals surface area contributed by atoms with E-state index >= 15 is 0 Å². The van der Waals surface area contributed by atoms with Gasteiger partial charge in [-0.05, 0) is 43.7 Å². The number of urea groups is 1. The van der Waals surface area contributed by atoms with Crippen molar-refractivity contribution in [1.82, 2.24) is 15.8 Å². The summed E-state index contributed by atoms with van der Waals surface area (Å²) < 4.78 is 4.91. The fourth-order valence-electron chi connectivity index (χ4n) is 3.36. The molecule has 2 aliphatic rings. The van der Waals surface area contributed by atoms with Crippen LogP contribution in [0.1, 0.15) is 32.6 Å². The number of amides is 4. The summed E-state index contributed by atoms with van der Waals surface area (Å²) >= 11 is 7.20. The van der Waals surface area contributed by atoms with Gasteiger partial charge >= 0.3 is 12.0 Å². The molecule has 8 nitrogen and oxygen atoms in total. The summed E-state index contributed by atoms with van der Waals surface area (Å²) in [5.41, 5.74) is 1.28. The lowest BCUT2D eigenvalue weighted by Crippen LogP contribution is -2.52. The first-order chi connectivity index (χ1) is 13.8. The van der Waals surface area contributed by atoms with Crippen LogP contribution in [-0.4, -0.2) is 46.7 Å². The first-order valence-corrected chi connectivity index (χ1v) is 10.7. The minimum atomic E-state index is -0.945. The van der Waals surface area contributed by atoms with E-state index in [0.29, 0.717) is 28.8 Å². The molecule has 0 radical (unpaired) electrons. The number of benzene rings is 1. The van der Waals surface area contributed by atoms with Crippen LogP contribution in [0.5, 0.6) is 0 Å². The van der Waals surface area contributed by atoms with E-state index in [9.17, 15) is 19.2 Å². The Kier molecular flexibility index (Phi) is 6.69. The van der Waals surface area contributed by atoms with Crippen molar-refractivity contribution in [3.05, 3.63) is 29.3 Å². The Labute approximate surface area is 177 Å². The first kappa shape index (κ1) is 21.4. The number of imide groups is 1. The summed E-state index contributed by atoms with van der Waals surface area (Å²) in [5.74, 6) is -1.37. The Hall–Kier alpha value is -2.26. The van der Waals surface area contributed by atoms with Gasteiger partial charge in [0.25, 0.3) is 11.8 Å². The van der Waals surface area contributed by atoms with Crippen LogP contribution in [0.25, 0.3) is 0 Å². The van der Waals surface area contributed by atoms with Crippen LogP contribution in [0.15, 0.2) is 29.2 Å². The molecule has 0 atom stereocenters. The molecule has 156 valence electrons.